The first-order valence-electron chi connectivity index (χ1n) is 7.50. The van der Waals surface area contributed by atoms with Crippen molar-refractivity contribution in [2.24, 2.45) is 0 Å². The molecule has 0 fully saturated rings. The van der Waals surface area contributed by atoms with Gasteiger partial charge in [0.15, 0.2) is 11.5 Å². The van der Waals surface area contributed by atoms with Gasteiger partial charge in [-0.25, -0.2) is 4.98 Å². The highest BCUT2D eigenvalue weighted by Gasteiger charge is 2.13. The lowest BCUT2D eigenvalue weighted by Crippen LogP contribution is -2.23. The van der Waals surface area contributed by atoms with Crippen LogP contribution in [0.4, 0.5) is 0 Å². The molecule has 0 saturated carbocycles. The molecular weight excluding hydrogens is 366 g/mol. The largest absolute Gasteiger partial charge is 0.544 e. The third-order valence-electron chi connectivity index (χ3n) is 3.08. The topological polar surface area (TPSA) is 100 Å². The first kappa shape index (κ1) is 19.1. The molecule has 2 rings (SSSR count). The number of nitrogens with one attached hydrogen (secondary N) is 1. The van der Waals surface area contributed by atoms with Crippen molar-refractivity contribution in [2.75, 3.05) is 13.7 Å². The number of rotatable bonds is 8. The van der Waals surface area contributed by atoms with Crippen LogP contribution in [0.3, 0.4) is 0 Å². The zero-order chi connectivity index (χ0) is 18.4. The minimum Gasteiger partial charge on any atom is -0.544 e. The number of carbonyl (C=O) groups excluding carboxylic acids is 1. The summed E-state index contributed by atoms with van der Waals surface area (Å²) in [5.74, 6) is 0.159. The summed E-state index contributed by atoms with van der Waals surface area (Å²) < 4.78 is 10.7. The summed E-state index contributed by atoms with van der Waals surface area (Å²) in [6, 6.07) is 3.23. The second-order valence-electron chi connectivity index (χ2n) is 4.78. The number of H-pyrrole nitrogens is 1. The van der Waals surface area contributed by atoms with Gasteiger partial charge in [0.1, 0.15) is 5.82 Å². The number of hydrogen-bond donors (Lipinski definition) is 1. The van der Waals surface area contributed by atoms with Gasteiger partial charge in [-0.1, -0.05) is 18.5 Å². The zero-order valence-corrected chi connectivity index (χ0v) is 15.5. The van der Waals surface area contributed by atoms with Crippen LogP contribution in [0.2, 0.25) is 5.02 Å². The fourth-order valence-corrected chi connectivity index (χ4v) is 3.01. The monoisotopic (exact) mass is 382 g/mol. The van der Waals surface area contributed by atoms with Gasteiger partial charge < -0.3 is 19.4 Å². The van der Waals surface area contributed by atoms with E-state index in [1.54, 1.807) is 12.1 Å². The van der Waals surface area contributed by atoms with Gasteiger partial charge in [-0.2, -0.15) is 0 Å². The number of aromatic amines is 1. The van der Waals surface area contributed by atoms with Gasteiger partial charge in [0.25, 0.3) is 0 Å². The Bertz CT molecular complexity index is 792. The Morgan fingerprint density at radius 2 is 2.20 bits per heavy atom. The number of aryl methyl sites for hydroxylation is 1. The first-order chi connectivity index (χ1) is 12.0. The van der Waals surface area contributed by atoms with Crippen molar-refractivity contribution in [3.05, 3.63) is 33.4 Å². The predicted molar refractivity (Wildman–Crippen MR) is 93.8 cm³/mol. The number of hydrogen-bond acceptors (Lipinski definition) is 7. The molecule has 0 aliphatic heterocycles. The Morgan fingerprint density at radius 1 is 1.44 bits per heavy atom. The fraction of sp³-hybridized carbons (Fsp3) is 0.312. The summed E-state index contributed by atoms with van der Waals surface area (Å²) in [6.45, 7) is 4.16. The molecule has 0 aliphatic carbocycles. The summed E-state index contributed by atoms with van der Waals surface area (Å²) >= 11 is 7.08. The molecule has 0 amide bonds. The van der Waals surface area contributed by atoms with Crippen LogP contribution in [0.25, 0.3) is 6.08 Å². The predicted octanol–water partition coefficient (Wildman–Crippen LogP) is 2.31. The summed E-state index contributed by atoms with van der Waals surface area (Å²) in [6.07, 6.45) is 2.10. The summed E-state index contributed by atoms with van der Waals surface area (Å²) in [5, 5.41) is 18.8. The molecule has 9 heteroatoms. The average Bonchev–Trinajstić information content (AvgIpc) is 3.02. The number of carbonyl (C=O) groups is 1. The van der Waals surface area contributed by atoms with Crippen LogP contribution in [0.5, 0.6) is 11.5 Å². The van der Waals surface area contributed by atoms with E-state index in [4.69, 9.17) is 21.1 Å². The lowest BCUT2D eigenvalue weighted by molar-refractivity contribution is -0.297. The van der Waals surface area contributed by atoms with E-state index in [0.717, 1.165) is 11.8 Å². The Hall–Kier alpha value is -2.19. The van der Waals surface area contributed by atoms with E-state index in [2.05, 4.69) is 15.2 Å². The van der Waals surface area contributed by atoms with Crippen molar-refractivity contribution >= 4 is 35.4 Å². The molecule has 1 aromatic heterocycles. The maximum atomic E-state index is 11.4. The van der Waals surface area contributed by atoms with Gasteiger partial charge in [0.05, 0.1) is 24.7 Å². The first-order valence-corrected chi connectivity index (χ1v) is 8.70. The van der Waals surface area contributed by atoms with Gasteiger partial charge in [-0.15, -0.1) is 5.10 Å². The Morgan fingerprint density at radius 3 is 2.76 bits per heavy atom. The maximum absolute atomic E-state index is 11.4. The lowest BCUT2D eigenvalue weighted by Gasteiger charge is -2.12. The maximum Gasteiger partial charge on any atom is 0.213 e. The number of nitrogens with zero attached hydrogens (tertiary/aromatic N) is 2. The molecule has 134 valence electrons. The van der Waals surface area contributed by atoms with Crippen LogP contribution in [-0.2, 0) is 11.2 Å². The normalized spacial score (nSPS) is 11.4. The van der Waals surface area contributed by atoms with E-state index in [1.165, 1.54) is 13.2 Å². The minimum absolute atomic E-state index is 0.0506. The van der Waals surface area contributed by atoms with Crippen LogP contribution >= 0.6 is 23.4 Å². The minimum atomic E-state index is -1.34. The van der Waals surface area contributed by atoms with E-state index in [0.29, 0.717) is 46.1 Å². The molecule has 1 heterocycles. The van der Waals surface area contributed by atoms with Crippen molar-refractivity contribution < 1.29 is 19.4 Å². The third-order valence-corrected chi connectivity index (χ3v) is 4.23. The third kappa shape index (κ3) is 4.90. The molecule has 0 spiro atoms. The molecule has 0 saturated heterocycles. The Balaban J connectivity index is 2.37. The summed E-state index contributed by atoms with van der Waals surface area (Å²) in [4.78, 5) is 15.6. The van der Waals surface area contributed by atoms with E-state index >= 15 is 0 Å². The Labute approximate surface area is 154 Å². The number of aliphatic carboxylic acids is 1. The highest BCUT2D eigenvalue weighted by molar-refractivity contribution is 8.04. The number of benzene rings is 1. The number of halogens is 1. The summed E-state index contributed by atoms with van der Waals surface area (Å²) in [7, 11) is 1.48. The van der Waals surface area contributed by atoms with Crippen molar-refractivity contribution in [3.8, 4) is 11.5 Å². The second kappa shape index (κ2) is 8.77. The number of thioether (sulfide) groups is 1. The summed E-state index contributed by atoms with van der Waals surface area (Å²) in [5.41, 5.74) is 0.534. The fourth-order valence-electron chi connectivity index (χ4n) is 1.99. The zero-order valence-electron chi connectivity index (χ0n) is 14.0. The van der Waals surface area contributed by atoms with Crippen LogP contribution in [0, 0.1) is 0 Å². The molecule has 0 radical (unpaired) electrons. The van der Waals surface area contributed by atoms with Crippen molar-refractivity contribution in [1.82, 2.24) is 15.2 Å². The molecule has 1 aromatic carbocycles. The molecule has 0 aliphatic rings. The van der Waals surface area contributed by atoms with Gasteiger partial charge in [-0.05, 0) is 42.5 Å². The van der Waals surface area contributed by atoms with Crippen LogP contribution in [0.1, 0.15) is 25.2 Å². The standard InChI is InChI=1S/C16H18ClN3O4S/c1-4-13-18-16(20-19-13)25-12(15(21)22)8-9-6-10(17)14(23-3)11(7-9)24-5-2/h6-8H,4-5H2,1-3H3,(H,21,22)(H,18,19,20)/p-1/b12-8-. The molecule has 0 bridgehead atoms. The molecule has 0 unspecified atom stereocenters. The van der Waals surface area contributed by atoms with Gasteiger partial charge in [-0.3, -0.25) is 5.10 Å². The van der Waals surface area contributed by atoms with Crippen LogP contribution < -0.4 is 14.6 Å². The SMILES string of the molecule is CCOc1cc(/C=C(\Sc2n[nH]c(CC)n2)C(=O)[O-])cc(Cl)c1OC. The van der Waals surface area contributed by atoms with E-state index in [-0.39, 0.29) is 4.91 Å². The molecule has 2 aromatic rings. The van der Waals surface area contributed by atoms with Crippen molar-refractivity contribution in [1.29, 1.82) is 0 Å². The molecule has 7 nitrogen and oxygen atoms in total. The van der Waals surface area contributed by atoms with Crippen LogP contribution in [-0.4, -0.2) is 34.9 Å². The highest BCUT2D eigenvalue weighted by Crippen LogP contribution is 2.37. The number of carboxylic acids is 1. The average molecular weight is 383 g/mol. The van der Waals surface area contributed by atoms with E-state index in [9.17, 15) is 9.90 Å². The smallest absolute Gasteiger partial charge is 0.213 e. The molecule has 25 heavy (non-hydrogen) atoms. The van der Waals surface area contributed by atoms with Crippen molar-refractivity contribution in [2.45, 2.75) is 25.4 Å². The number of carboxylic acid groups (broad SMARTS) is 1. The number of ether oxygens (including phenoxy) is 2. The molecule has 0 atom stereocenters. The van der Waals surface area contributed by atoms with Crippen molar-refractivity contribution in [3.63, 3.8) is 0 Å². The van der Waals surface area contributed by atoms with Gasteiger partial charge in [0, 0.05) is 11.3 Å². The van der Waals surface area contributed by atoms with Gasteiger partial charge >= 0.3 is 0 Å². The van der Waals surface area contributed by atoms with Crippen LogP contribution in [0.15, 0.2) is 22.2 Å². The van der Waals surface area contributed by atoms with E-state index < -0.39 is 5.97 Å². The Kier molecular flexibility index (Phi) is 6.72. The number of aromatic nitrogens is 3. The van der Waals surface area contributed by atoms with Gasteiger partial charge in [0.2, 0.25) is 5.16 Å². The second-order valence-corrected chi connectivity index (χ2v) is 6.20. The lowest BCUT2D eigenvalue weighted by atomic mass is 10.2. The highest BCUT2D eigenvalue weighted by atomic mass is 35.5. The quantitative estimate of drug-likeness (QED) is 0.552. The molecular formula is C16H17ClN3O4S-. The molecule has 1 N–H and O–H groups in total. The number of methoxy groups -OCH3 is 1. The van der Waals surface area contributed by atoms with E-state index in [1.807, 2.05) is 13.8 Å².